The number of likely N-dealkylation sites (tertiary alicyclic amines) is 1. The number of methoxy groups -OCH3 is 2. The molecule has 1 aromatic heterocycles. The van der Waals surface area contributed by atoms with E-state index in [-0.39, 0.29) is 53.8 Å². The molecule has 12 nitrogen and oxygen atoms in total. The number of benzene rings is 1. The van der Waals surface area contributed by atoms with E-state index < -0.39 is 36.3 Å². The topological polar surface area (TPSA) is 142 Å². The Balaban J connectivity index is 1.72. The number of aromatic nitrogens is 1. The molecule has 2 heterocycles. The van der Waals surface area contributed by atoms with Crippen molar-refractivity contribution in [3.8, 4) is 0 Å². The maximum Gasteiger partial charge on any atom is 0.245 e. The lowest BCUT2D eigenvalue weighted by molar-refractivity contribution is -0.147. The smallest absolute Gasteiger partial charge is 0.245 e. The van der Waals surface area contributed by atoms with Crippen LogP contribution in [0.15, 0.2) is 36.7 Å². The number of nitrogens with one attached hydrogen (secondary N) is 3. The summed E-state index contributed by atoms with van der Waals surface area (Å²) in [6.45, 7) is 14.7. The third kappa shape index (κ3) is 11.0. The molecule has 0 saturated carbocycles. The first-order valence-electron chi connectivity index (χ1n) is 19.4. The summed E-state index contributed by atoms with van der Waals surface area (Å²) in [5.74, 6) is -1.28. The van der Waals surface area contributed by atoms with E-state index in [4.69, 9.17) is 9.47 Å². The average Bonchev–Trinajstić information content (AvgIpc) is 3.63. The summed E-state index contributed by atoms with van der Waals surface area (Å²) in [5, 5.41) is 11.3. The molecule has 1 aliphatic heterocycles. The van der Waals surface area contributed by atoms with Crippen LogP contribution in [0, 0.1) is 23.7 Å². The first kappa shape index (κ1) is 43.8. The Morgan fingerprint density at radius 3 is 2.28 bits per heavy atom. The van der Waals surface area contributed by atoms with Crippen LogP contribution in [0.25, 0.3) is 10.8 Å². The van der Waals surface area contributed by atoms with Gasteiger partial charge in [0.25, 0.3) is 0 Å². The van der Waals surface area contributed by atoms with E-state index in [1.807, 2.05) is 63.9 Å². The van der Waals surface area contributed by atoms with Gasteiger partial charge in [-0.05, 0) is 61.1 Å². The van der Waals surface area contributed by atoms with Crippen LogP contribution in [0.3, 0.4) is 0 Å². The van der Waals surface area contributed by atoms with Crippen LogP contribution in [-0.2, 0) is 35.1 Å². The van der Waals surface area contributed by atoms with E-state index in [9.17, 15) is 19.2 Å². The Kier molecular flexibility index (Phi) is 17.1. The number of ether oxygens (including phenoxy) is 2. The van der Waals surface area contributed by atoms with Gasteiger partial charge in [-0.25, -0.2) is 0 Å². The molecule has 0 spiro atoms. The molecule has 12 heteroatoms. The Morgan fingerprint density at radius 2 is 1.68 bits per heavy atom. The third-order valence-electron chi connectivity index (χ3n) is 11.2. The number of fused-ring (bicyclic) bond motifs is 1. The lowest BCUT2D eigenvalue weighted by Gasteiger charge is -2.41. The lowest BCUT2D eigenvalue weighted by Crippen LogP contribution is -2.59. The molecule has 1 fully saturated rings. The highest BCUT2D eigenvalue weighted by molar-refractivity contribution is 5.90. The van der Waals surface area contributed by atoms with Crippen LogP contribution in [0.1, 0.15) is 79.7 Å². The van der Waals surface area contributed by atoms with E-state index >= 15 is 0 Å². The minimum atomic E-state index is -0.746. The van der Waals surface area contributed by atoms with Crippen LogP contribution in [0.2, 0.25) is 0 Å². The lowest BCUT2D eigenvalue weighted by atomic mass is 9.89. The van der Waals surface area contributed by atoms with Gasteiger partial charge in [0.2, 0.25) is 23.6 Å². The average molecular weight is 739 g/mol. The molecule has 53 heavy (non-hydrogen) atoms. The number of likely N-dealkylation sites (N-methyl/N-ethyl adjacent to an activating group) is 2. The van der Waals surface area contributed by atoms with E-state index in [1.165, 1.54) is 0 Å². The highest BCUT2D eigenvalue weighted by atomic mass is 16.5. The Labute approximate surface area is 317 Å². The number of carbonyl (C=O) groups is 4. The SMILES string of the molecule is CC[C@H](C)C([C@@H](CC(=O)N1CCC[C@H]1[C@H](OC)[C@@H](C)C(=O)NCCc1cccc2ccncc12)OC)N(C)C(=O)[C@@H](NC(=O)C(NC)C(C)C)C(C)C. The molecule has 3 rings (SSSR count). The van der Waals surface area contributed by atoms with Crippen molar-refractivity contribution in [2.45, 2.75) is 117 Å². The zero-order valence-corrected chi connectivity index (χ0v) is 34.0. The zero-order valence-electron chi connectivity index (χ0n) is 34.0. The standard InChI is InChI=1S/C41H66N6O6/c1-12-27(6)37(46(9)41(51)36(26(4)5)45-40(50)35(42-8)25(2)3)33(52-10)23-34(48)47-22-14-17-32(47)38(53-11)28(7)39(49)44-21-19-30-16-13-15-29-18-20-43-24-31(29)30/h13,15-16,18,20,24-28,32-33,35-38,42H,12,14,17,19,21-23H2,1-11H3,(H,44,49)(H,45,50)/t27-,28+,32-,33+,35?,36-,37?,38+/m0/s1. The second kappa shape index (κ2) is 20.7. The van der Waals surface area contributed by atoms with Crippen LogP contribution < -0.4 is 16.0 Å². The largest absolute Gasteiger partial charge is 0.379 e. The highest BCUT2D eigenvalue weighted by Crippen LogP contribution is 2.30. The number of nitrogens with zero attached hydrogens (tertiary/aromatic N) is 3. The predicted octanol–water partition coefficient (Wildman–Crippen LogP) is 4.20. The quantitative estimate of drug-likeness (QED) is 0.184. The maximum absolute atomic E-state index is 14.2. The number of rotatable bonds is 20. The summed E-state index contributed by atoms with van der Waals surface area (Å²) in [7, 11) is 6.66. The van der Waals surface area contributed by atoms with Crippen molar-refractivity contribution in [1.29, 1.82) is 0 Å². The molecule has 0 radical (unpaired) electrons. The van der Waals surface area contributed by atoms with E-state index in [0.29, 0.717) is 19.5 Å². The van der Waals surface area contributed by atoms with E-state index in [1.54, 1.807) is 39.4 Å². The number of carbonyl (C=O) groups excluding carboxylic acids is 4. The molecule has 2 aromatic rings. The van der Waals surface area contributed by atoms with Crippen molar-refractivity contribution in [3.63, 3.8) is 0 Å². The molecule has 2 unspecified atom stereocenters. The van der Waals surface area contributed by atoms with Crippen LogP contribution >= 0.6 is 0 Å². The van der Waals surface area contributed by atoms with Crippen LogP contribution in [0.4, 0.5) is 0 Å². The van der Waals surface area contributed by atoms with Gasteiger partial charge >= 0.3 is 0 Å². The summed E-state index contributed by atoms with van der Waals surface area (Å²) in [4.78, 5) is 62.7. The highest BCUT2D eigenvalue weighted by Gasteiger charge is 2.43. The van der Waals surface area contributed by atoms with E-state index in [2.05, 4.69) is 40.8 Å². The second-order valence-corrected chi connectivity index (χ2v) is 15.4. The molecular weight excluding hydrogens is 672 g/mol. The number of hydrogen-bond acceptors (Lipinski definition) is 8. The van der Waals surface area contributed by atoms with Crippen LogP contribution in [0.5, 0.6) is 0 Å². The van der Waals surface area contributed by atoms with Crippen molar-refractivity contribution in [2.24, 2.45) is 23.7 Å². The Hall–Kier alpha value is -3.61. The molecule has 3 N–H and O–H groups in total. The van der Waals surface area contributed by atoms with Crippen LogP contribution in [-0.4, -0.2) is 116 Å². The summed E-state index contributed by atoms with van der Waals surface area (Å²) in [6.07, 6.45) is 5.53. The summed E-state index contributed by atoms with van der Waals surface area (Å²) < 4.78 is 12.0. The van der Waals surface area contributed by atoms with Gasteiger partial charge in [-0.15, -0.1) is 0 Å². The third-order valence-corrected chi connectivity index (χ3v) is 11.2. The van der Waals surface area contributed by atoms with Gasteiger partial charge in [-0.3, -0.25) is 24.2 Å². The van der Waals surface area contributed by atoms with Gasteiger partial charge in [-0.1, -0.05) is 73.1 Å². The molecule has 296 valence electrons. The first-order chi connectivity index (χ1) is 25.2. The number of pyridine rings is 1. The molecule has 0 aliphatic carbocycles. The van der Waals surface area contributed by atoms with Gasteiger partial charge in [0.15, 0.2) is 0 Å². The number of amides is 4. The zero-order chi connectivity index (χ0) is 39.4. The number of hydrogen-bond donors (Lipinski definition) is 3. The summed E-state index contributed by atoms with van der Waals surface area (Å²) >= 11 is 0. The van der Waals surface area contributed by atoms with Gasteiger partial charge < -0.3 is 35.2 Å². The van der Waals surface area contributed by atoms with Crippen molar-refractivity contribution in [3.05, 3.63) is 42.2 Å². The summed E-state index contributed by atoms with van der Waals surface area (Å²) in [5.41, 5.74) is 1.12. The molecule has 1 aliphatic rings. The minimum absolute atomic E-state index is 0.000823. The first-order valence-corrected chi connectivity index (χ1v) is 19.4. The molecule has 1 aromatic carbocycles. The normalized spacial score (nSPS) is 18.7. The van der Waals surface area contributed by atoms with Gasteiger partial charge in [0.1, 0.15) is 6.04 Å². The van der Waals surface area contributed by atoms with Gasteiger partial charge in [0.05, 0.1) is 42.7 Å². The van der Waals surface area contributed by atoms with Crippen molar-refractivity contribution < 1.29 is 28.7 Å². The van der Waals surface area contributed by atoms with Crippen molar-refractivity contribution in [1.82, 2.24) is 30.7 Å². The fraction of sp³-hybridized carbons (Fsp3) is 0.683. The Bertz CT molecular complexity index is 1500. The molecule has 8 atom stereocenters. The van der Waals surface area contributed by atoms with Gasteiger partial charge in [0, 0.05) is 52.1 Å². The maximum atomic E-state index is 14.2. The van der Waals surface area contributed by atoms with Gasteiger partial charge in [-0.2, -0.15) is 0 Å². The Morgan fingerprint density at radius 1 is 0.981 bits per heavy atom. The molecule has 1 saturated heterocycles. The molecule has 0 bridgehead atoms. The molecular formula is C41H66N6O6. The van der Waals surface area contributed by atoms with Crippen molar-refractivity contribution >= 4 is 34.4 Å². The summed E-state index contributed by atoms with van der Waals surface area (Å²) in [6, 6.07) is 6.21. The predicted molar refractivity (Wildman–Crippen MR) is 209 cm³/mol. The van der Waals surface area contributed by atoms with Crippen molar-refractivity contribution in [2.75, 3.05) is 41.4 Å². The monoisotopic (exact) mass is 739 g/mol. The minimum Gasteiger partial charge on any atom is -0.379 e. The fourth-order valence-corrected chi connectivity index (χ4v) is 7.93. The second-order valence-electron chi connectivity index (χ2n) is 15.4. The fourth-order valence-electron chi connectivity index (χ4n) is 7.93. The molecule has 4 amide bonds. The van der Waals surface area contributed by atoms with E-state index in [0.717, 1.165) is 35.6 Å².